The number of nitrogens with zero attached hydrogens (tertiary/aromatic N) is 3. The summed E-state index contributed by atoms with van der Waals surface area (Å²) in [7, 11) is 0. The lowest BCUT2D eigenvalue weighted by molar-refractivity contribution is -0.116. The Kier molecular flexibility index (Phi) is 5.12. The third-order valence-electron chi connectivity index (χ3n) is 4.28. The first-order valence-electron chi connectivity index (χ1n) is 9.29. The summed E-state index contributed by atoms with van der Waals surface area (Å²) in [6.07, 6.45) is 1.04. The second-order valence-electron chi connectivity index (χ2n) is 8.87. The van der Waals surface area contributed by atoms with Gasteiger partial charge in [0.15, 0.2) is 0 Å². The lowest BCUT2D eigenvalue weighted by Gasteiger charge is -2.23. The Morgan fingerprint density at radius 3 is 2.48 bits per heavy atom. The van der Waals surface area contributed by atoms with Gasteiger partial charge in [-0.1, -0.05) is 32.9 Å². The molecule has 0 aliphatic carbocycles. The van der Waals surface area contributed by atoms with Crippen molar-refractivity contribution >= 4 is 33.3 Å². The van der Waals surface area contributed by atoms with Crippen LogP contribution >= 0.6 is 11.3 Å². The van der Waals surface area contributed by atoms with Crippen LogP contribution in [0.1, 0.15) is 58.7 Å². The van der Waals surface area contributed by atoms with E-state index in [9.17, 15) is 4.79 Å². The van der Waals surface area contributed by atoms with E-state index in [-0.39, 0.29) is 16.9 Å². The van der Waals surface area contributed by atoms with Crippen LogP contribution in [0.3, 0.4) is 0 Å². The topological polar surface area (TPSA) is 59.8 Å². The molecule has 2 aromatic heterocycles. The predicted molar refractivity (Wildman–Crippen MR) is 112 cm³/mol. The Hall–Kier alpha value is -2.21. The first kappa shape index (κ1) is 19.5. The number of benzene rings is 1. The van der Waals surface area contributed by atoms with Crippen molar-refractivity contribution in [2.45, 2.75) is 65.3 Å². The number of amides is 1. The Morgan fingerprint density at radius 1 is 1.15 bits per heavy atom. The van der Waals surface area contributed by atoms with Crippen LogP contribution in [0.5, 0.6) is 0 Å². The maximum absolute atomic E-state index is 12.6. The number of fused-ring (bicyclic) bond motifs is 1. The number of hydrogen-bond acceptors (Lipinski definition) is 4. The molecule has 0 saturated heterocycles. The molecule has 6 heteroatoms. The average molecular weight is 385 g/mol. The van der Waals surface area contributed by atoms with Gasteiger partial charge in [-0.25, -0.2) is 9.67 Å². The number of hydrogen-bond donors (Lipinski definition) is 1. The van der Waals surface area contributed by atoms with E-state index in [0.717, 1.165) is 26.7 Å². The number of aryl methyl sites for hydroxylation is 1. The summed E-state index contributed by atoms with van der Waals surface area (Å²) in [5.74, 6) is 0.738. The van der Waals surface area contributed by atoms with Gasteiger partial charge < -0.3 is 5.32 Å². The molecule has 1 aromatic carbocycles. The van der Waals surface area contributed by atoms with Crippen molar-refractivity contribution in [2.24, 2.45) is 0 Å². The smallest absolute Gasteiger partial charge is 0.225 e. The van der Waals surface area contributed by atoms with E-state index < -0.39 is 0 Å². The fourth-order valence-electron chi connectivity index (χ4n) is 2.80. The Morgan fingerprint density at radius 2 is 1.85 bits per heavy atom. The van der Waals surface area contributed by atoms with Gasteiger partial charge in [0.25, 0.3) is 0 Å². The zero-order valence-corrected chi connectivity index (χ0v) is 17.8. The van der Waals surface area contributed by atoms with Gasteiger partial charge >= 0.3 is 0 Å². The van der Waals surface area contributed by atoms with E-state index in [1.165, 1.54) is 0 Å². The van der Waals surface area contributed by atoms with Crippen molar-refractivity contribution in [3.8, 4) is 0 Å². The van der Waals surface area contributed by atoms with Gasteiger partial charge in [-0.05, 0) is 32.9 Å². The molecule has 0 bridgehead atoms. The third-order valence-corrected chi connectivity index (χ3v) is 5.38. The highest BCUT2D eigenvalue weighted by molar-refractivity contribution is 7.18. The number of anilines is 1. The highest BCUT2D eigenvalue weighted by atomic mass is 32.1. The Balaban J connectivity index is 1.72. The highest BCUT2D eigenvalue weighted by Gasteiger charge is 2.25. The minimum Gasteiger partial charge on any atom is -0.311 e. The summed E-state index contributed by atoms with van der Waals surface area (Å²) in [5, 5.41) is 8.79. The van der Waals surface area contributed by atoms with Gasteiger partial charge in [-0.3, -0.25) is 4.79 Å². The molecule has 2 heterocycles. The molecule has 0 aliphatic heterocycles. The predicted octanol–water partition coefficient (Wildman–Crippen LogP) is 5.12. The SMILES string of the molecule is CC(C)(C)c1cc(NC(=O)CCc2nc3ccccc3s2)n(C(C)(C)C)n1. The molecule has 0 fully saturated rings. The van der Waals surface area contributed by atoms with Crippen molar-refractivity contribution in [3.05, 3.63) is 41.0 Å². The highest BCUT2D eigenvalue weighted by Crippen LogP contribution is 2.28. The fraction of sp³-hybridized carbons (Fsp3) is 0.476. The van der Waals surface area contributed by atoms with E-state index >= 15 is 0 Å². The largest absolute Gasteiger partial charge is 0.311 e. The summed E-state index contributed by atoms with van der Waals surface area (Å²) >= 11 is 1.65. The minimum atomic E-state index is -0.209. The zero-order valence-electron chi connectivity index (χ0n) is 17.0. The molecule has 144 valence electrons. The second kappa shape index (κ2) is 7.08. The number of thiazole rings is 1. The number of carbonyl (C=O) groups excluding carboxylic acids is 1. The number of rotatable bonds is 4. The molecule has 3 rings (SSSR count). The van der Waals surface area contributed by atoms with Crippen LogP contribution in [-0.2, 0) is 22.2 Å². The molecular weight excluding hydrogens is 356 g/mol. The molecule has 5 nitrogen and oxygen atoms in total. The normalized spacial score (nSPS) is 12.5. The molecule has 0 spiro atoms. The molecule has 0 aliphatic rings. The third kappa shape index (κ3) is 4.56. The number of nitrogens with one attached hydrogen (secondary N) is 1. The molecule has 0 atom stereocenters. The first-order valence-corrected chi connectivity index (χ1v) is 10.1. The van der Waals surface area contributed by atoms with Crippen molar-refractivity contribution in [1.82, 2.24) is 14.8 Å². The summed E-state index contributed by atoms with van der Waals surface area (Å²) in [4.78, 5) is 17.2. The zero-order chi connectivity index (χ0) is 19.8. The van der Waals surface area contributed by atoms with E-state index in [2.05, 4.69) is 57.9 Å². The monoisotopic (exact) mass is 384 g/mol. The minimum absolute atomic E-state index is 0.0138. The number of para-hydroxylation sites is 1. The van der Waals surface area contributed by atoms with Crippen molar-refractivity contribution < 1.29 is 4.79 Å². The van der Waals surface area contributed by atoms with Gasteiger partial charge in [0, 0.05) is 24.3 Å². The van der Waals surface area contributed by atoms with Gasteiger partial charge in [-0.15, -0.1) is 11.3 Å². The van der Waals surface area contributed by atoms with Gasteiger partial charge in [0.1, 0.15) is 5.82 Å². The second-order valence-corrected chi connectivity index (χ2v) is 9.99. The van der Waals surface area contributed by atoms with E-state index in [4.69, 9.17) is 5.10 Å². The first-order chi connectivity index (χ1) is 12.5. The van der Waals surface area contributed by atoms with Crippen LogP contribution in [0.25, 0.3) is 10.2 Å². The van der Waals surface area contributed by atoms with Crippen molar-refractivity contribution in [2.75, 3.05) is 5.32 Å². The van der Waals surface area contributed by atoms with Crippen LogP contribution in [-0.4, -0.2) is 20.7 Å². The fourth-order valence-corrected chi connectivity index (χ4v) is 3.77. The maximum atomic E-state index is 12.6. The van der Waals surface area contributed by atoms with Crippen LogP contribution in [0, 0.1) is 0 Å². The van der Waals surface area contributed by atoms with Crippen LogP contribution in [0.4, 0.5) is 5.82 Å². The molecule has 0 unspecified atom stereocenters. The Labute approximate surface area is 164 Å². The van der Waals surface area contributed by atoms with Crippen molar-refractivity contribution in [1.29, 1.82) is 0 Å². The standard InChI is InChI=1S/C21H28N4OS/c1-20(2,3)16-13-17(25(24-16)21(4,5)6)23-18(26)11-12-19-22-14-9-7-8-10-15(14)27-19/h7-10,13H,11-12H2,1-6H3,(H,23,26). The van der Waals surface area contributed by atoms with Crippen LogP contribution < -0.4 is 5.32 Å². The van der Waals surface area contributed by atoms with E-state index in [0.29, 0.717) is 12.8 Å². The van der Waals surface area contributed by atoms with Gasteiger partial charge in [0.05, 0.1) is 26.5 Å². The molecular formula is C21H28N4OS. The van der Waals surface area contributed by atoms with Crippen molar-refractivity contribution in [3.63, 3.8) is 0 Å². The molecule has 27 heavy (non-hydrogen) atoms. The van der Waals surface area contributed by atoms with Crippen LogP contribution in [0.15, 0.2) is 30.3 Å². The van der Waals surface area contributed by atoms with E-state index in [1.807, 2.05) is 28.9 Å². The quantitative estimate of drug-likeness (QED) is 0.679. The lowest BCUT2D eigenvalue weighted by atomic mass is 9.92. The van der Waals surface area contributed by atoms with Gasteiger partial charge in [0.2, 0.25) is 5.91 Å². The Bertz CT molecular complexity index is 924. The maximum Gasteiger partial charge on any atom is 0.225 e. The molecule has 3 aromatic rings. The number of aromatic nitrogens is 3. The van der Waals surface area contributed by atoms with Gasteiger partial charge in [-0.2, -0.15) is 5.10 Å². The molecule has 0 saturated carbocycles. The van der Waals surface area contributed by atoms with E-state index in [1.54, 1.807) is 11.3 Å². The summed E-state index contributed by atoms with van der Waals surface area (Å²) in [6.45, 7) is 12.6. The summed E-state index contributed by atoms with van der Waals surface area (Å²) in [5.41, 5.74) is 1.69. The molecule has 1 N–H and O–H groups in total. The summed E-state index contributed by atoms with van der Waals surface area (Å²) < 4.78 is 3.07. The average Bonchev–Trinajstić information content (AvgIpc) is 3.15. The molecule has 1 amide bonds. The lowest BCUT2D eigenvalue weighted by Crippen LogP contribution is -2.27. The molecule has 0 radical (unpaired) electrons. The van der Waals surface area contributed by atoms with Crippen LogP contribution in [0.2, 0.25) is 0 Å². The number of carbonyl (C=O) groups is 1. The summed E-state index contributed by atoms with van der Waals surface area (Å²) in [6, 6.07) is 10.1.